The number of ether oxygens (including phenoxy) is 2. The van der Waals surface area contributed by atoms with Gasteiger partial charge in [0, 0.05) is 24.7 Å². The molecule has 1 aliphatic heterocycles. The number of nitrogens with zero attached hydrogens (tertiary/aromatic N) is 1. The molecule has 2 aromatic rings. The van der Waals surface area contributed by atoms with Gasteiger partial charge >= 0.3 is 0 Å². The summed E-state index contributed by atoms with van der Waals surface area (Å²) >= 11 is 0. The summed E-state index contributed by atoms with van der Waals surface area (Å²) in [5.41, 5.74) is 5.75. The second-order valence-corrected chi connectivity index (χ2v) is 5.50. The van der Waals surface area contributed by atoms with Crippen molar-refractivity contribution >= 4 is 22.8 Å². The number of phenols is 1. The van der Waals surface area contributed by atoms with Crippen LogP contribution in [-0.2, 0) is 4.74 Å². The summed E-state index contributed by atoms with van der Waals surface area (Å²) in [6, 6.07) is 1.29. The first-order chi connectivity index (χ1) is 11.5. The number of rotatable bonds is 3. The predicted molar refractivity (Wildman–Crippen MR) is 84.4 cm³/mol. The fraction of sp³-hybridized carbons (Fsp3) is 0.375. The minimum absolute atomic E-state index is 0.0495. The highest BCUT2D eigenvalue weighted by Gasteiger charge is 2.29. The second kappa shape index (κ2) is 6.04. The van der Waals surface area contributed by atoms with Crippen LogP contribution in [0.3, 0.4) is 0 Å². The summed E-state index contributed by atoms with van der Waals surface area (Å²) in [4.78, 5) is 26.0. The van der Waals surface area contributed by atoms with E-state index in [0.717, 1.165) is 0 Å². The predicted octanol–water partition coefficient (Wildman–Crippen LogP) is 1.03. The lowest BCUT2D eigenvalue weighted by Crippen LogP contribution is -2.40. The molecule has 0 spiro atoms. The molecule has 8 heteroatoms. The Morgan fingerprint density at radius 2 is 2.00 bits per heavy atom. The summed E-state index contributed by atoms with van der Waals surface area (Å²) in [5.74, 6) is -1.11. The average Bonchev–Trinajstić information content (AvgIpc) is 2.91. The number of hydrogen-bond donors (Lipinski definition) is 2. The van der Waals surface area contributed by atoms with Crippen LogP contribution in [0.4, 0.5) is 0 Å². The SMILES string of the molecule is COc1cc(O)c(C(N)=O)c2oc(C(=O)N3CCOCC3)c(C)c12. The number of primary amides is 1. The van der Waals surface area contributed by atoms with E-state index in [4.69, 9.17) is 19.6 Å². The van der Waals surface area contributed by atoms with Gasteiger partial charge in [0.25, 0.3) is 11.8 Å². The van der Waals surface area contributed by atoms with E-state index >= 15 is 0 Å². The van der Waals surface area contributed by atoms with Crippen LogP contribution in [-0.4, -0.2) is 55.2 Å². The molecular weight excluding hydrogens is 316 g/mol. The molecule has 3 N–H and O–H groups in total. The Morgan fingerprint density at radius 1 is 1.33 bits per heavy atom. The number of methoxy groups -OCH3 is 1. The van der Waals surface area contributed by atoms with E-state index in [-0.39, 0.29) is 28.6 Å². The Bertz CT molecular complexity index is 820. The number of morpholine rings is 1. The normalized spacial score (nSPS) is 14.8. The van der Waals surface area contributed by atoms with Crippen LogP contribution in [0.1, 0.15) is 26.5 Å². The Hall–Kier alpha value is -2.74. The Labute approximate surface area is 137 Å². The zero-order valence-electron chi connectivity index (χ0n) is 13.4. The van der Waals surface area contributed by atoms with Crippen LogP contribution in [0.25, 0.3) is 11.0 Å². The third kappa shape index (κ3) is 2.44. The van der Waals surface area contributed by atoms with E-state index in [1.165, 1.54) is 13.2 Å². The van der Waals surface area contributed by atoms with E-state index in [2.05, 4.69) is 0 Å². The maximum atomic E-state index is 12.7. The maximum absolute atomic E-state index is 12.7. The van der Waals surface area contributed by atoms with Crippen LogP contribution >= 0.6 is 0 Å². The third-order valence-corrected chi connectivity index (χ3v) is 4.10. The van der Waals surface area contributed by atoms with Gasteiger partial charge in [-0.3, -0.25) is 9.59 Å². The largest absolute Gasteiger partial charge is 0.507 e. The molecule has 1 fully saturated rings. The van der Waals surface area contributed by atoms with Crippen LogP contribution in [0.2, 0.25) is 0 Å². The molecule has 0 radical (unpaired) electrons. The lowest BCUT2D eigenvalue weighted by molar-refractivity contribution is 0.0283. The van der Waals surface area contributed by atoms with Gasteiger partial charge in [-0.2, -0.15) is 0 Å². The van der Waals surface area contributed by atoms with Gasteiger partial charge in [-0.1, -0.05) is 0 Å². The van der Waals surface area contributed by atoms with Crippen molar-refractivity contribution in [2.45, 2.75) is 6.92 Å². The molecule has 0 unspecified atom stereocenters. The van der Waals surface area contributed by atoms with E-state index in [0.29, 0.717) is 43.0 Å². The van der Waals surface area contributed by atoms with Crippen LogP contribution in [0.5, 0.6) is 11.5 Å². The summed E-state index contributed by atoms with van der Waals surface area (Å²) in [6.45, 7) is 3.54. The average molecular weight is 334 g/mol. The molecule has 0 saturated carbocycles. The molecule has 3 rings (SSSR count). The summed E-state index contributed by atoms with van der Waals surface area (Å²) in [6.07, 6.45) is 0. The van der Waals surface area contributed by atoms with Gasteiger partial charge < -0.3 is 29.6 Å². The van der Waals surface area contributed by atoms with Gasteiger partial charge in [0.15, 0.2) is 11.3 Å². The number of carbonyl (C=O) groups is 2. The molecule has 8 nitrogen and oxygen atoms in total. The van der Waals surface area contributed by atoms with Crippen molar-refractivity contribution in [3.8, 4) is 11.5 Å². The van der Waals surface area contributed by atoms with Crippen LogP contribution < -0.4 is 10.5 Å². The number of aryl methyl sites for hydroxylation is 1. The molecule has 0 bridgehead atoms. The van der Waals surface area contributed by atoms with Crippen molar-refractivity contribution in [3.63, 3.8) is 0 Å². The summed E-state index contributed by atoms with van der Waals surface area (Å²) in [7, 11) is 1.42. The van der Waals surface area contributed by atoms with Crippen molar-refractivity contribution in [3.05, 3.63) is 23.0 Å². The highest BCUT2D eigenvalue weighted by Crippen LogP contribution is 2.40. The van der Waals surface area contributed by atoms with E-state index in [1.807, 2.05) is 0 Å². The van der Waals surface area contributed by atoms with Gasteiger partial charge in [-0.15, -0.1) is 0 Å². The summed E-state index contributed by atoms with van der Waals surface area (Å²) in [5, 5.41) is 10.5. The monoisotopic (exact) mass is 334 g/mol. The van der Waals surface area contributed by atoms with Crippen molar-refractivity contribution < 1.29 is 28.6 Å². The van der Waals surface area contributed by atoms with Crippen molar-refractivity contribution in [2.24, 2.45) is 5.73 Å². The third-order valence-electron chi connectivity index (χ3n) is 4.10. The minimum atomic E-state index is -0.848. The lowest BCUT2D eigenvalue weighted by Gasteiger charge is -2.26. The van der Waals surface area contributed by atoms with Crippen LogP contribution in [0, 0.1) is 6.92 Å². The first-order valence-electron chi connectivity index (χ1n) is 7.45. The Morgan fingerprint density at radius 3 is 2.58 bits per heavy atom. The fourth-order valence-corrected chi connectivity index (χ4v) is 2.88. The van der Waals surface area contributed by atoms with Crippen molar-refractivity contribution in [1.29, 1.82) is 0 Å². The molecule has 1 aromatic carbocycles. The molecular formula is C16H18N2O6. The number of benzene rings is 1. The highest BCUT2D eigenvalue weighted by molar-refractivity contribution is 6.11. The van der Waals surface area contributed by atoms with E-state index in [1.54, 1.807) is 11.8 Å². The smallest absolute Gasteiger partial charge is 0.290 e. The summed E-state index contributed by atoms with van der Waals surface area (Å²) < 4.78 is 16.1. The number of fused-ring (bicyclic) bond motifs is 1. The molecule has 0 atom stereocenters. The maximum Gasteiger partial charge on any atom is 0.290 e. The number of aromatic hydroxyl groups is 1. The topological polar surface area (TPSA) is 115 Å². The molecule has 1 saturated heterocycles. The van der Waals surface area contributed by atoms with E-state index in [9.17, 15) is 14.7 Å². The molecule has 24 heavy (non-hydrogen) atoms. The number of nitrogens with two attached hydrogens (primary N) is 1. The van der Waals surface area contributed by atoms with Crippen molar-refractivity contribution in [2.75, 3.05) is 33.4 Å². The van der Waals surface area contributed by atoms with Crippen LogP contribution in [0.15, 0.2) is 10.5 Å². The number of furan rings is 1. The fourth-order valence-electron chi connectivity index (χ4n) is 2.88. The zero-order chi connectivity index (χ0) is 17.4. The van der Waals surface area contributed by atoms with Gasteiger partial charge in [0.1, 0.15) is 17.1 Å². The zero-order valence-corrected chi connectivity index (χ0v) is 13.4. The molecule has 0 aliphatic carbocycles. The number of amides is 2. The van der Waals surface area contributed by atoms with Crippen molar-refractivity contribution in [1.82, 2.24) is 4.90 Å². The standard InChI is InChI=1S/C16H18N2O6/c1-8-11-10(22-2)7-9(19)12(15(17)20)14(11)24-13(8)16(21)18-3-5-23-6-4-18/h7,19H,3-6H2,1-2H3,(H2,17,20). The molecule has 2 amide bonds. The first-order valence-corrected chi connectivity index (χ1v) is 7.45. The number of carbonyl (C=O) groups excluding carboxylic acids is 2. The lowest BCUT2D eigenvalue weighted by atomic mass is 10.1. The van der Waals surface area contributed by atoms with Gasteiger partial charge in [0.05, 0.1) is 25.7 Å². The molecule has 2 heterocycles. The second-order valence-electron chi connectivity index (χ2n) is 5.50. The number of hydrogen-bond acceptors (Lipinski definition) is 6. The quantitative estimate of drug-likeness (QED) is 0.866. The van der Waals surface area contributed by atoms with E-state index < -0.39 is 5.91 Å². The highest BCUT2D eigenvalue weighted by atomic mass is 16.5. The molecule has 128 valence electrons. The first kappa shape index (κ1) is 16.1. The van der Waals surface area contributed by atoms with Gasteiger partial charge in [0.2, 0.25) is 0 Å². The molecule has 1 aromatic heterocycles. The van der Waals surface area contributed by atoms with Gasteiger partial charge in [-0.25, -0.2) is 0 Å². The van der Waals surface area contributed by atoms with Gasteiger partial charge in [-0.05, 0) is 6.92 Å². The Kier molecular flexibility index (Phi) is 4.06. The minimum Gasteiger partial charge on any atom is -0.507 e. The Balaban J connectivity index is 2.20. The molecule has 1 aliphatic rings.